The van der Waals surface area contributed by atoms with E-state index in [1.165, 1.54) is 11.8 Å². The second-order valence-electron chi connectivity index (χ2n) is 8.14. The van der Waals surface area contributed by atoms with Gasteiger partial charge in [0, 0.05) is 32.7 Å². The predicted molar refractivity (Wildman–Crippen MR) is 150 cm³/mol. The minimum atomic E-state index is -0.720. The third kappa shape index (κ3) is 6.36. The van der Waals surface area contributed by atoms with Crippen LogP contribution in [0, 0.1) is 11.3 Å². The molecule has 37 heavy (non-hydrogen) atoms. The second-order valence-corrected chi connectivity index (χ2v) is 9.97. The zero-order valence-electron chi connectivity index (χ0n) is 19.7. The van der Waals surface area contributed by atoms with E-state index in [2.05, 4.69) is 22.0 Å². The molecule has 0 spiro atoms. The van der Waals surface area contributed by atoms with E-state index in [0.717, 1.165) is 0 Å². The number of carbonyl (C=O) groups excluding carboxylic acids is 2. The van der Waals surface area contributed by atoms with Gasteiger partial charge in [0.2, 0.25) is 5.91 Å². The summed E-state index contributed by atoms with van der Waals surface area (Å²) in [5, 5.41) is 20.5. The van der Waals surface area contributed by atoms with Crippen molar-refractivity contribution in [1.82, 2.24) is 5.32 Å². The molecule has 2 amide bonds. The molecule has 1 atom stereocenters. The van der Waals surface area contributed by atoms with Crippen molar-refractivity contribution in [3.63, 3.8) is 0 Å². The molecule has 3 N–H and O–H groups in total. The fraction of sp³-hybridized carbons (Fsp3) is 0.107. The highest BCUT2D eigenvalue weighted by molar-refractivity contribution is 8.03. The molecule has 0 aliphatic carbocycles. The van der Waals surface area contributed by atoms with E-state index in [1.54, 1.807) is 61.5 Å². The zero-order chi connectivity index (χ0) is 26.4. The zero-order valence-corrected chi connectivity index (χ0v) is 22.0. The minimum Gasteiger partial charge on any atom is -0.353 e. The molecular weight excluding hydrogens is 527 g/mol. The van der Waals surface area contributed by atoms with Crippen LogP contribution in [0.2, 0.25) is 10.0 Å². The number of halogens is 2. The molecule has 4 rings (SSSR count). The minimum absolute atomic E-state index is 0.0358. The number of amides is 2. The van der Waals surface area contributed by atoms with Gasteiger partial charge in [-0.25, -0.2) is 0 Å². The van der Waals surface area contributed by atoms with Gasteiger partial charge in [-0.2, -0.15) is 5.26 Å². The summed E-state index contributed by atoms with van der Waals surface area (Å²) >= 11 is 13.7. The third-order valence-electron chi connectivity index (χ3n) is 5.60. The Morgan fingerprint density at radius 2 is 1.68 bits per heavy atom. The first kappa shape index (κ1) is 26.4. The van der Waals surface area contributed by atoms with Crippen LogP contribution in [0.15, 0.2) is 101 Å². The molecule has 1 aliphatic heterocycles. The van der Waals surface area contributed by atoms with E-state index >= 15 is 0 Å². The van der Waals surface area contributed by atoms with E-state index < -0.39 is 5.92 Å². The summed E-state index contributed by atoms with van der Waals surface area (Å²) in [6.45, 7) is 1.77. The van der Waals surface area contributed by atoms with Crippen molar-refractivity contribution in [3.8, 4) is 6.07 Å². The van der Waals surface area contributed by atoms with Crippen LogP contribution in [0.1, 0.15) is 18.4 Å². The van der Waals surface area contributed by atoms with Crippen molar-refractivity contribution in [1.29, 1.82) is 5.26 Å². The first-order valence-electron chi connectivity index (χ1n) is 11.3. The number of nitrogens with one attached hydrogen (secondary N) is 3. The van der Waals surface area contributed by atoms with Gasteiger partial charge in [-0.15, -0.1) is 0 Å². The molecule has 3 aromatic carbocycles. The fourth-order valence-corrected chi connectivity index (χ4v) is 5.30. The van der Waals surface area contributed by atoms with Gasteiger partial charge < -0.3 is 16.0 Å². The first-order chi connectivity index (χ1) is 17.9. The number of dihydropyridines is 1. The molecule has 0 bridgehead atoms. The number of benzene rings is 3. The standard InChI is InChI=1S/C28H22Cl2N4O2S/c1-17-25(27(36)34-19-9-3-2-4-10-19)26(21-12-5-6-13-23(21)30)22(15-31)28(32-17)37-16-24(35)33-20-11-7-8-18(29)14-20/h2-14,26,32H,16H2,1H3,(H,33,35)(H,34,36)/t26-/m0/s1. The number of thioether (sulfide) groups is 1. The summed E-state index contributed by atoms with van der Waals surface area (Å²) in [5.41, 5.74) is 3.08. The van der Waals surface area contributed by atoms with Gasteiger partial charge in [0.05, 0.1) is 28.3 Å². The van der Waals surface area contributed by atoms with Crippen molar-refractivity contribution >= 4 is 58.2 Å². The number of hydrogen-bond donors (Lipinski definition) is 3. The van der Waals surface area contributed by atoms with E-state index in [9.17, 15) is 14.9 Å². The molecule has 0 aromatic heterocycles. The van der Waals surface area contributed by atoms with Gasteiger partial charge in [-0.1, -0.05) is 77.4 Å². The van der Waals surface area contributed by atoms with Gasteiger partial charge in [0.25, 0.3) is 5.91 Å². The smallest absolute Gasteiger partial charge is 0.254 e. The maximum absolute atomic E-state index is 13.5. The van der Waals surface area contributed by atoms with E-state index in [4.69, 9.17) is 23.2 Å². The highest BCUT2D eigenvalue weighted by atomic mass is 35.5. The molecule has 0 unspecified atom stereocenters. The number of rotatable bonds is 7. The average Bonchev–Trinajstić information content (AvgIpc) is 2.88. The Kier molecular flexibility index (Phi) is 8.57. The Hall–Kier alpha value is -3.70. The first-order valence-corrected chi connectivity index (χ1v) is 13.0. The topological polar surface area (TPSA) is 94.0 Å². The molecule has 9 heteroatoms. The van der Waals surface area contributed by atoms with Crippen LogP contribution < -0.4 is 16.0 Å². The maximum atomic E-state index is 13.5. The number of anilines is 2. The van der Waals surface area contributed by atoms with Crippen molar-refractivity contribution in [2.45, 2.75) is 12.8 Å². The van der Waals surface area contributed by atoms with Crippen LogP contribution in [-0.4, -0.2) is 17.6 Å². The molecule has 0 fully saturated rings. The largest absolute Gasteiger partial charge is 0.353 e. The number of hydrogen-bond acceptors (Lipinski definition) is 5. The number of nitriles is 1. The molecule has 1 heterocycles. The van der Waals surface area contributed by atoms with Gasteiger partial charge in [-0.05, 0) is 48.9 Å². The Bertz CT molecular complexity index is 1450. The fourth-order valence-electron chi connectivity index (χ4n) is 3.97. The van der Waals surface area contributed by atoms with E-state index in [-0.39, 0.29) is 17.6 Å². The molecule has 0 saturated heterocycles. The lowest BCUT2D eigenvalue weighted by molar-refractivity contribution is -0.114. The second kappa shape index (κ2) is 12.0. The molecule has 0 saturated carbocycles. The molecule has 0 radical (unpaired) electrons. The Morgan fingerprint density at radius 3 is 2.38 bits per heavy atom. The molecule has 6 nitrogen and oxygen atoms in total. The predicted octanol–water partition coefficient (Wildman–Crippen LogP) is 6.70. The Labute approximate surface area is 229 Å². The van der Waals surface area contributed by atoms with Gasteiger partial charge >= 0.3 is 0 Å². The summed E-state index contributed by atoms with van der Waals surface area (Å²) in [5.74, 6) is -1.30. The maximum Gasteiger partial charge on any atom is 0.254 e. The number of para-hydroxylation sites is 1. The lowest BCUT2D eigenvalue weighted by atomic mass is 9.82. The van der Waals surface area contributed by atoms with Crippen LogP contribution >= 0.6 is 35.0 Å². The number of nitrogens with zero attached hydrogens (tertiary/aromatic N) is 1. The SMILES string of the molecule is CC1=C(C(=O)Nc2ccccc2)[C@@H](c2ccccc2Cl)C(C#N)=C(SCC(=O)Nc2cccc(Cl)c2)N1. The molecule has 186 valence electrons. The summed E-state index contributed by atoms with van der Waals surface area (Å²) < 4.78 is 0. The van der Waals surface area contributed by atoms with Crippen LogP contribution in [0.3, 0.4) is 0 Å². The Balaban J connectivity index is 1.64. The number of carbonyl (C=O) groups is 2. The van der Waals surface area contributed by atoms with Crippen molar-refractivity contribution < 1.29 is 9.59 Å². The monoisotopic (exact) mass is 548 g/mol. The lowest BCUT2D eigenvalue weighted by Crippen LogP contribution is -2.31. The van der Waals surface area contributed by atoms with Gasteiger partial charge in [0.15, 0.2) is 0 Å². The van der Waals surface area contributed by atoms with Crippen molar-refractivity contribution in [2.75, 3.05) is 16.4 Å². The summed E-state index contributed by atoms with van der Waals surface area (Å²) in [4.78, 5) is 26.1. The van der Waals surface area contributed by atoms with Crippen LogP contribution in [0.25, 0.3) is 0 Å². The van der Waals surface area contributed by atoms with Crippen molar-refractivity contribution in [2.24, 2.45) is 0 Å². The molecular formula is C28H22Cl2N4O2S. The van der Waals surface area contributed by atoms with Crippen LogP contribution in [-0.2, 0) is 9.59 Å². The lowest BCUT2D eigenvalue weighted by Gasteiger charge is -2.30. The summed E-state index contributed by atoms with van der Waals surface area (Å²) in [6.07, 6.45) is 0. The normalized spacial score (nSPS) is 15.0. The Morgan fingerprint density at radius 1 is 0.973 bits per heavy atom. The quantitative estimate of drug-likeness (QED) is 0.305. The van der Waals surface area contributed by atoms with Gasteiger partial charge in [0.1, 0.15) is 0 Å². The van der Waals surface area contributed by atoms with Gasteiger partial charge in [-0.3, -0.25) is 9.59 Å². The van der Waals surface area contributed by atoms with E-state index in [0.29, 0.717) is 48.9 Å². The van der Waals surface area contributed by atoms with E-state index in [1.807, 2.05) is 24.3 Å². The molecule has 1 aliphatic rings. The van der Waals surface area contributed by atoms with Crippen LogP contribution in [0.5, 0.6) is 0 Å². The third-order valence-corrected chi connectivity index (χ3v) is 7.19. The molecule has 3 aromatic rings. The van der Waals surface area contributed by atoms with Crippen LogP contribution in [0.4, 0.5) is 11.4 Å². The van der Waals surface area contributed by atoms with Crippen molar-refractivity contribution in [3.05, 3.63) is 116 Å². The summed E-state index contributed by atoms with van der Waals surface area (Å²) in [6, 6.07) is 25.3. The highest BCUT2D eigenvalue weighted by Gasteiger charge is 2.35. The number of allylic oxidation sites excluding steroid dienone is 2. The summed E-state index contributed by atoms with van der Waals surface area (Å²) in [7, 11) is 0. The highest BCUT2D eigenvalue weighted by Crippen LogP contribution is 2.43. The average molecular weight is 549 g/mol.